The third-order valence-electron chi connectivity index (χ3n) is 6.14. The van der Waals surface area contributed by atoms with Crippen LogP contribution < -0.4 is 0 Å². The molecule has 0 N–H and O–H groups in total. The minimum atomic E-state index is -0.185. The predicted molar refractivity (Wildman–Crippen MR) is 101 cm³/mol. The molecule has 1 atom stereocenters. The van der Waals surface area contributed by atoms with Crippen molar-refractivity contribution in [3.8, 4) is 0 Å². The van der Waals surface area contributed by atoms with Crippen molar-refractivity contribution in [2.45, 2.75) is 12.8 Å². The van der Waals surface area contributed by atoms with E-state index in [9.17, 15) is 9.59 Å². The van der Waals surface area contributed by atoms with Crippen LogP contribution in [0.3, 0.4) is 0 Å². The first kappa shape index (κ1) is 18.7. The van der Waals surface area contributed by atoms with E-state index in [1.165, 1.54) is 0 Å². The molecule has 3 heterocycles. The molecular formula is C20H25ClN2O4. The van der Waals surface area contributed by atoms with Crippen LogP contribution in [-0.4, -0.2) is 74.2 Å². The van der Waals surface area contributed by atoms with Crippen LogP contribution in [0, 0.1) is 11.3 Å². The molecule has 3 saturated heterocycles. The molecule has 0 radical (unpaired) electrons. The summed E-state index contributed by atoms with van der Waals surface area (Å²) >= 11 is 5.94. The molecule has 1 spiro atoms. The van der Waals surface area contributed by atoms with Crippen molar-refractivity contribution in [1.82, 2.24) is 9.80 Å². The highest BCUT2D eigenvalue weighted by Crippen LogP contribution is 2.45. The maximum Gasteiger partial charge on any atom is 0.253 e. The summed E-state index contributed by atoms with van der Waals surface area (Å²) in [6.07, 6.45) is 1.64. The summed E-state index contributed by atoms with van der Waals surface area (Å²) < 4.78 is 10.9. The molecular weight excluding hydrogens is 368 g/mol. The molecule has 0 aromatic heterocycles. The zero-order valence-corrected chi connectivity index (χ0v) is 16.1. The lowest BCUT2D eigenvalue weighted by Gasteiger charge is -2.39. The van der Waals surface area contributed by atoms with Gasteiger partial charge in [-0.1, -0.05) is 11.6 Å². The van der Waals surface area contributed by atoms with E-state index in [-0.39, 0.29) is 23.1 Å². The lowest BCUT2D eigenvalue weighted by atomic mass is 9.71. The number of likely N-dealkylation sites (tertiary alicyclic amines) is 1. The molecule has 3 fully saturated rings. The molecule has 0 saturated carbocycles. The molecule has 3 aliphatic rings. The highest BCUT2D eigenvalue weighted by atomic mass is 35.5. The van der Waals surface area contributed by atoms with Gasteiger partial charge < -0.3 is 19.3 Å². The number of morpholine rings is 1. The van der Waals surface area contributed by atoms with Gasteiger partial charge in [-0.2, -0.15) is 0 Å². The van der Waals surface area contributed by atoms with E-state index in [2.05, 4.69) is 0 Å². The van der Waals surface area contributed by atoms with Crippen molar-refractivity contribution >= 4 is 23.4 Å². The van der Waals surface area contributed by atoms with E-state index >= 15 is 0 Å². The average molecular weight is 393 g/mol. The molecule has 1 aromatic rings. The molecule has 6 nitrogen and oxygen atoms in total. The third kappa shape index (κ3) is 3.71. The van der Waals surface area contributed by atoms with Crippen LogP contribution in [0.4, 0.5) is 0 Å². The maximum atomic E-state index is 13.3. The first-order valence-corrected chi connectivity index (χ1v) is 9.96. The zero-order valence-electron chi connectivity index (χ0n) is 15.4. The summed E-state index contributed by atoms with van der Waals surface area (Å²) in [5.74, 6) is -0.0443. The Morgan fingerprint density at radius 1 is 0.963 bits per heavy atom. The Labute approximate surface area is 164 Å². The van der Waals surface area contributed by atoms with E-state index in [4.69, 9.17) is 21.1 Å². The van der Waals surface area contributed by atoms with Gasteiger partial charge in [-0.15, -0.1) is 0 Å². The summed E-state index contributed by atoms with van der Waals surface area (Å²) in [5, 5.41) is 0.606. The predicted octanol–water partition coefficient (Wildman–Crippen LogP) is 2.07. The Morgan fingerprint density at radius 2 is 1.59 bits per heavy atom. The normalized spacial score (nSPS) is 25.0. The molecule has 7 heteroatoms. The van der Waals surface area contributed by atoms with Gasteiger partial charge in [-0.25, -0.2) is 0 Å². The Balaban J connectivity index is 1.56. The summed E-state index contributed by atoms with van der Waals surface area (Å²) in [6.45, 7) is 4.81. The molecule has 2 amide bonds. The van der Waals surface area contributed by atoms with Crippen molar-refractivity contribution in [3.05, 3.63) is 34.9 Å². The van der Waals surface area contributed by atoms with Gasteiger partial charge in [0.25, 0.3) is 5.91 Å². The SMILES string of the molecule is O=C(c1ccc(Cl)cc1)N1CC(C(=O)N2CCOCC2)C2(CCOCC2)C1. The Kier molecular flexibility index (Phi) is 5.39. The molecule has 1 aromatic carbocycles. The number of benzene rings is 1. The minimum absolute atomic E-state index is 0.0326. The van der Waals surface area contributed by atoms with Crippen LogP contribution in [0.15, 0.2) is 24.3 Å². The zero-order chi connectivity index (χ0) is 18.9. The Hall–Kier alpha value is -1.63. The Morgan fingerprint density at radius 3 is 2.26 bits per heavy atom. The van der Waals surface area contributed by atoms with Crippen LogP contribution in [0.25, 0.3) is 0 Å². The lowest BCUT2D eigenvalue weighted by molar-refractivity contribution is -0.144. The van der Waals surface area contributed by atoms with Gasteiger partial charge in [-0.3, -0.25) is 9.59 Å². The lowest BCUT2D eigenvalue weighted by Crippen LogP contribution is -2.49. The van der Waals surface area contributed by atoms with E-state index in [0.717, 1.165) is 12.8 Å². The third-order valence-corrected chi connectivity index (χ3v) is 6.39. The second-order valence-electron chi connectivity index (χ2n) is 7.66. The number of amides is 2. The first-order valence-electron chi connectivity index (χ1n) is 9.58. The topological polar surface area (TPSA) is 59.1 Å². The molecule has 1 unspecified atom stereocenters. The van der Waals surface area contributed by atoms with Gasteiger partial charge in [0.1, 0.15) is 0 Å². The van der Waals surface area contributed by atoms with E-state index in [1.807, 2.05) is 9.80 Å². The standard InChI is InChI=1S/C20H25ClN2O4/c21-16-3-1-15(2-4-16)18(24)23-13-17(19(25)22-7-11-27-12-8-22)20(14-23)5-9-26-10-6-20/h1-4,17H,5-14H2. The van der Waals surface area contributed by atoms with Gasteiger partial charge in [-0.05, 0) is 37.1 Å². The fraction of sp³-hybridized carbons (Fsp3) is 0.600. The number of carbonyl (C=O) groups excluding carboxylic acids is 2. The van der Waals surface area contributed by atoms with E-state index < -0.39 is 0 Å². The first-order chi connectivity index (χ1) is 13.1. The Bertz CT molecular complexity index is 696. The monoisotopic (exact) mass is 392 g/mol. The largest absolute Gasteiger partial charge is 0.381 e. The number of carbonyl (C=O) groups is 2. The second-order valence-corrected chi connectivity index (χ2v) is 8.09. The smallest absolute Gasteiger partial charge is 0.253 e. The van der Waals surface area contributed by atoms with Crippen molar-refractivity contribution in [2.24, 2.45) is 11.3 Å². The molecule has 146 valence electrons. The minimum Gasteiger partial charge on any atom is -0.381 e. The number of hydrogen-bond acceptors (Lipinski definition) is 4. The molecule has 0 bridgehead atoms. The van der Waals surface area contributed by atoms with Crippen LogP contribution in [0.5, 0.6) is 0 Å². The highest BCUT2D eigenvalue weighted by molar-refractivity contribution is 6.30. The maximum absolute atomic E-state index is 13.3. The van der Waals surface area contributed by atoms with Gasteiger partial charge in [0.15, 0.2) is 0 Å². The van der Waals surface area contributed by atoms with Crippen molar-refractivity contribution in [1.29, 1.82) is 0 Å². The van der Waals surface area contributed by atoms with Crippen molar-refractivity contribution in [3.63, 3.8) is 0 Å². The van der Waals surface area contributed by atoms with E-state index in [1.54, 1.807) is 24.3 Å². The molecule has 27 heavy (non-hydrogen) atoms. The molecule has 4 rings (SSSR count). The van der Waals surface area contributed by atoms with Crippen LogP contribution in [0.1, 0.15) is 23.2 Å². The number of nitrogens with zero attached hydrogens (tertiary/aromatic N) is 2. The fourth-order valence-electron chi connectivity index (χ4n) is 4.53. The number of ether oxygens (including phenoxy) is 2. The van der Waals surface area contributed by atoms with E-state index in [0.29, 0.717) is 63.2 Å². The van der Waals surface area contributed by atoms with Crippen LogP contribution >= 0.6 is 11.6 Å². The van der Waals surface area contributed by atoms with Gasteiger partial charge in [0.05, 0.1) is 19.1 Å². The van der Waals surface area contributed by atoms with Gasteiger partial charge in [0.2, 0.25) is 5.91 Å². The molecule has 3 aliphatic heterocycles. The van der Waals surface area contributed by atoms with Crippen LogP contribution in [-0.2, 0) is 14.3 Å². The summed E-state index contributed by atoms with van der Waals surface area (Å²) in [7, 11) is 0. The highest BCUT2D eigenvalue weighted by Gasteiger charge is 2.52. The summed E-state index contributed by atoms with van der Waals surface area (Å²) in [5.41, 5.74) is 0.427. The van der Waals surface area contributed by atoms with Gasteiger partial charge >= 0.3 is 0 Å². The number of rotatable bonds is 2. The number of hydrogen-bond donors (Lipinski definition) is 0. The number of halogens is 1. The summed E-state index contributed by atoms with van der Waals surface area (Å²) in [4.78, 5) is 30.1. The molecule has 0 aliphatic carbocycles. The summed E-state index contributed by atoms with van der Waals surface area (Å²) in [6, 6.07) is 6.95. The second kappa shape index (κ2) is 7.78. The van der Waals surface area contributed by atoms with Crippen molar-refractivity contribution < 1.29 is 19.1 Å². The van der Waals surface area contributed by atoms with Gasteiger partial charge in [0, 0.05) is 55.4 Å². The van der Waals surface area contributed by atoms with Crippen molar-refractivity contribution in [2.75, 3.05) is 52.6 Å². The average Bonchev–Trinajstić information content (AvgIpc) is 3.07. The quantitative estimate of drug-likeness (QED) is 0.773. The fourth-order valence-corrected chi connectivity index (χ4v) is 4.65. The van der Waals surface area contributed by atoms with Crippen LogP contribution in [0.2, 0.25) is 5.02 Å².